The number of anilines is 3. The van der Waals surface area contributed by atoms with Crippen LogP contribution in [0.4, 0.5) is 21.9 Å². The molecule has 0 bridgehead atoms. The zero-order valence-electron chi connectivity index (χ0n) is 19.6. The fraction of sp³-hybridized carbons (Fsp3) is 0.200. The Kier molecular flexibility index (Phi) is 8.32. The van der Waals surface area contributed by atoms with Crippen LogP contribution in [0.15, 0.2) is 77.7 Å². The highest BCUT2D eigenvalue weighted by molar-refractivity contribution is 7.92. The standard InChI is InChI=1S/C25H27N3O6S/c1-4-33-22-15-11-20(12-16-22)27-35(31,32)23-8-6-7-18(17-23)24(29)26-19-9-13-21(14-10-19)28(3)25(30)34-5-2/h6-17,27H,4-5H2,1-3H3,(H,26,29). The van der Waals surface area contributed by atoms with Crippen LogP contribution in [0.1, 0.15) is 24.2 Å². The Morgan fingerprint density at radius 3 is 2.17 bits per heavy atom. The van der Waals surface area contributed by atoms with E-state index in [0.29, 0.717) is 29.4 Å². The number of benzene rings is 3. The first-order valence-corrected chi connectivity index (χ1v) is 12.4. The van der Waals surface area contributed by atoms with Crippen LogP contribution in [0.2, 0.25) is 0 Å². The summed E-state index contributed by atoms with van der Waals surface area (Å²) >= 11 is 0. The third kappa shape index (κ3) is 6.73. The molecule has 3 aromatic carbocycles. The summed E-state index contributed by atoms with van der Waals surface area (Å²) in [5.41, 5.74) is 1.62. The van der Waals surface area contributed by atoms with Gasteiger partial charge in [-0.15, -0.1) is 0 Å². The van der Waals surface area contributed by atoms with Gasteiger partial charge in [0.25, 0.3) is 15.9 Å². The highest BCUT2D eigenvalue weighted by atomic mass is 32.2. The molecule has 0 aliphatic rings. The molecule has 184 valence electrons. The first-order valence-electron chi connectivity index (χ1n) is 10.9. The molecule has 3 rings (SSSR count). The molecule has 10 heteroatoms. The van der Waals surface area contributed by atoms with Crippen molar-refractivity contribution >= 4 is 39.1 Å². The minimum Gasteiger partial charge on any atom is -0.494 e. The van der Waals surface area contributed by atoms with E-state index in [-0.39, 0.29) is 17.1 Å². The summed E-state index contributed by atoms with van der Waals surface area (Å²) < 4.78 is 38.5. The maximum atomic E-state index is 12.8. The van der Waals surface area contributed by atoms with E-state index >= 15 is 0 Å². The van der Waals surface area contributed by atoms with E-state index in [4.69, 9.17) is 9.47 Å². The molecular weight excluding hydrogens is 470 g/mol. The molecule has 0 saturated heterocycles. The molecular formula is C25H27N3O6S. The minimum absolute atomic E-state index is 0.0505. The van der Waals surface area contributed by atoms with E-state index in [1.54, 1.807) is 62.5 Å². The Hall–Kier alpha value is -4.05. The molecule has 0 spiro atoms. The number of sulfonamides is 1. The lowest BCUT2D eigenvalue weighted by molar-refractivity contribution is 0.102. The first kappa shape index (κ1) is 25.6. The molecule has 2 amide bonds. The van der Waals surface area contributed by atoms with Gasteiger partial charge in [0.15, 0.2) is 0 Å². The van der Waals surface area contributed by atoms with Crippen molar-refractivity contribution in [2.45, 2.75) is 18.7 Å². The lowest BCUT2D eigenvalue weighted by atomic mass is 10.2. The van der Waals surface area contributed by atoms with Crippen LogP contribution < -0.4 is 19.7 Å². The monoisotopic (exact) mass is 497 g/mol. The largest absolute Gasteiger partial charge is 0.494 e. The lowest BCUT2D eigenvalue weighted by Crippen LogP contribution is -2.26. The Morgan fingerprint density at radius 1 is 0.886 bits per heavy atom. The quantitative estimate of drug-likeness (QED) is 0.442. The lowest BCUT2D eigenvalue weighted by Gasteiger charge is -2.17. The van der Waals surface area contributed by atoms with Gasteiger partial charge in [-0.25, -0.2) is 13.2 Å². The van der Waals surface area contributed by atoms with Crippen LogP contribution in [0.5, 0.6) is 5.75 Å². The van der Waals surface area contributed by atoms with Gasteiger partial charge in [0.1, 0.15) is 5.75 Å². The summed E-state index contributed by atoms with van der Waals surface area (Å²) in [4.78, 5) is 25.9. The van der Waals surface area contributed by atoms with Crippen molar-refractivity contribution < 1.29 is 27.5 Å². The first-order chi connectivity index (χ1) is 16.7. The maximum Gasteiger partial charge on any atom is 0.413 e. The average molecular weight is 498 g/mol. The SMILES string of the molecule is CCOC(=O)N(C)c1ccc(NC(=O)c2cccc(S(=O)(=O)Nc3ccc(OCC)cc3)c2)cc1. The summed E-state index contributed by atoms with van der Waals surface area (Å²) in [6.07, 6.45) is -0.485. The van der Waals surface area contributed by atoms with Crippen LogP contribution >= 0.6 is 0 Å². The topological polar surface area (TPSA) is 114 Å². The molecule has 0 aliphatic carbocycles. The molecule has 9 nitrogen and oxygen atoms in total. The zero-order valence-corrected chi connectivity index (χ0v) is 20.5. The van der Waals surface area contributed by atoms with Gasteiger partial charge in [0.2, 0.25) is 0 Å². The van der Waals surface area contributed by atoms with Crippen LogP contribution in [-0.2, 0) is 14.8 Å². The van der Waals surface area contributed by atoms with Gasteiger partial charge in [0.05, 0.1) is 18.1 Å². The second kappa shape index (κ2) is 11.4. The van der Waals surface area contributed by atoms with Crippen molar-refractivity contribution in [1.29, 1.82) is 0 Å². The second-order valence-corrected chi connectivity index (χ2v) is 9.03. The third-order valence-electron chi connectivity index (χ3n) is 4.88. The maximum absolute atomic E-state index is 12.8. The number of nitrogens with one attached hydrogen (secondary N) is 2. The predicted molar refractivity (Wildman–Crippen MR) is 135 cm³/mol. The molecule has 0 saturated carbocycles. The molecule has 0 atom stereocenters. The molecule has 0 radical (unpaired) electrons. The predicted octanol–water partition coefficient (Wildman–Crippen LogP) is 4.73. The third-order valence-corrected chi connectivity index (χ3v) is 6.26. The smallest absolute Gasteiger partial charge is 0.413 e. The van der Waals surface area contributed by atoms with E-state index < -0.39 is 22.0 Å². The summed E-state index contributed by atoms with van der Waals surface area (Å²) in [6, 6.07) is 18.9. The van der Waals surface area contributed by atoms with Crippen LogP contribution in [0, 0.1) is 0 Å². The number of rotatable bonds is 9. The van der Waals surface area contributed by atoms with E-state index in [9.17, 15) is 18.0 Å². The fourth-order valence-corrected chi connectivity index (χ4v) is 4.21. The minimum atomic E-state index is -3.92. The van der Waals surface area contributed by atoms with Crippen molar-refractivity contribution in [2.75, 3.05) is 35.2 Å². The Morgan fingerprint density at radius 2 is 1.54 bits per heavy atom. The van der Waals surface area contributed by atoms with E-state index in [0.717, 1.165) is 0 Å². The van der Waals surface area contributed by atoms with Crippen LogP contribution in [0.3, 0.4) is 0 Å². The highest BCUT2D eigenvalue weighted by Gasteiger charge is 2.17. The summed E-state index contributed by atoms with van der Waals surface area (Å²) in [7, 11) is -2.33. The molecule has 35 heavy (non-hydrogen) atoms. The number of carbonyl (C=O) groups excluding carboxylic acids is 2. The molecule has 0 aromatic heterocycles. The van der Waals surface area contributed by atoms with Gasteiger partial charge in [-0.2, -0.15) is 0 Å². The van der Waals surface area contributed by atoms with Crippen molar-refractivity contribution in [1.82, 2.24) is 0 Å². The zero-order chi connectivity index (χ0) is 25.4. The molecule has 2 N–H and O–H groups in total. The van der Waals surface area contributed by atoms with E-state index in [1.807, 2.05) is 6.92 Å². The van der Waals surface area contributed by atoms with Gasteiger partial charge in [-0.3, -0.25) is 14.4 Å². The highest BCUT2D eigenvalue weighted by Crippen LogP contribution is 2.22. The van der Waals surface area contributed by atoms with Gasteiger partial charge < -0.3 is 14.8 Å². The summed E-state index contributed by atoms with van der Waals surface area (Å²) in [5.74, 6) is 0.157. The number of hydrogen-bond donors (Lipinski definition) is 2. The molecule has 0 heterocycles. The van der Waals surface area contributed by atoms with Gasteiger partial charge in [-0.05, 0) is 80.6 Å². The number of carbonyl (C=O) groups is 2. The summed E-state index contributed by atoms with van der Waals surface area (Å²) in [6.45, 7) is 4.36. The number of nitrogens with zero attached hydrogens (tertiary/aromatic N) is 1. The van der Waals surface area contributed by atoms with Crippen molar-refractivity contribution in [3.63, 3.8) is 0 Å². The van der Waals surface area contributed by atoms with Gasteiger partial charge in [-0.1, -0.05) is 6.07 Å². The van der Waals surface area contributed by atoms with Crippen molar-refractivity contribution in [2.24, 2.45) is 0 Å². The Bertz CT molecular complexity index is 1280. The fourth-order valence-electron chi connectivity index (χ4n) is 3.10. The molecule has 0 aliphatic heterocycles. The second-order valence-electron chi connectivity index (χ2n) is 7.35. The Labute approximate surface area is 204 Å². The molecule has 0 fully saturated rings. The number of ether oxygens (including phenoxy) is 2. The normalized spacial score (nSPS) is 10.8. The average Bonchev–Trinajstić information content (AvgIpc) is 2.85. The molecule has 0 unspecified atom stereocenters. The van der Waals surface area contributed by atoms with Crippen LogP contribution in [0.25, 0.3) is 0 Å². The molecule has 3 aromatic rings. The van der Waals surface area contributed by atoms with Gasteiger partial charge in [0, 0.05) is 29.7 Å². The number of amides is 2. The van der Waals surface area contributed by atoms with Gasteiger partial charge >= 0.3 is 6.09 Å². The Balaban J connectivity index is 1.69. The van der Waals surface area contributed by atoms with E-state index in [1.165, 1.54) is 29.2 Å². The number of hydrogen-bond acceptors (Lipinski definition) is 6. The van der Waals surface area contributed by atoms with E-state index in [2.05, 4.69) is 10.0 Å². The van der Waals surface area contributed by atoms with Crippen LogP contribution in [-0.4, -0.2) is 40.7 Å². The van der Waals surface area contributed by atoms with Crippen molar-refractivity contribution in [3.8, 4) is 5.75 Å². The summed E-state index contributed by atoms with van der Waals surface area (Å²) in [5, 5.41) is 2.72. The van der Waals surface area contributed by atoms with Crippen molar-refractivity contribution in [3.05, 3.63) is 78.4 Å².